The fourth-order valence-corrected chi connectivity index (χ4v) is 3.76. The van der Waals surface area contributed by atoms with Crippen molar-refractivity contribution >= 4 is 38.6 Å². The van der Waals surface area contributed by atoms with E-state index in [1.165, 1.54) is 28.5 Å². The van der Waals surface area contributed by atoms with Crippen molar-refractivity contribution in [1.29, 1.82) is 0 Å². The molecule has 0 N–H and O–H groups in total. The second-order valence-electron chi connectivity index (χ2n) is 5.11. The Hall–Kier alpha value is -1.73. The maximum Gasteiger partial charge on any atom is 0.262 e. The summed E-state index contributed by atoms with van der Waals surface area (Å²) < 4.78 is 29.4. The van der Waals surface area contributed by atoms with Crippen molar-refractivity contribution in [2.75, 3.05) is 0 Å². The molecule has 124 valence electrons. The van der Waals surface area contributed by atoms with Crippen LogP contribution in [0.4, 0.5) is 8.78 Å². The molecule has 0 saturated heterocycles. The molecule has 0 amide bonds. The largest absolute Gasteiger partial charge is 0.287 e. The van der Waals surface area contributed by atoms with Crippen LogP contribution in [0.5, 0.6) is 0 Å². The minimum atomic E-state index is -0.877. The van der Waals surface area contributed by atoms with Gasteiger partial charge in [0, 0.05) is 22.3 Å². The standard InChI is InChI=1S/C17H13BrF2N2OS/c1-2-22-16(23)12-8-11(18)6-7-14(12)21-17(22)24-9-10-4-3-5-13(19)15(10)20/h3-8H,2,9H2,1H3. The van der Waals surface area contributed by atoms with Crippen LogP contribution < -0.4 is 5.56 Å². The fraction of sp³-hybridized carbons (Fsp3) is 0.176. The van der Waals surface area contributed by atoms with E-state index in [0.29, 0.717) is 22.6 Å². The molecule has 1 aromatic heterocycles. The molecule has 0 aliphatic heterocycles. The van der Waals surface area contributed by atoms with Crippen LogP contribution in [0.15, 0.2) is 50.8 Å². The van der Waals surface area contributed by atoms with Gasteiger partial charge in [0.05, 0.1) is 10.9 Å². The van der Waals surface area contributed by atoms with Crippen LogP contribution in [-0.2, 0) is 12.3 Å². The van der Waals surface area contributed by atoms with E-state index in [1.807, 2.05) is 13.0 Å². The van der Waals surface area contributed by atoms with Gasteiger partial charge >= 0.3 is 0 Å². The van der Waals surface area contributed by atoms with Crippen molar-refractivity contribution < 1.29 is 8.78 Å². The van der Waals surface area contributed by atoms with Crippen molar-refractivity contribution in [1.82, 2.24) is 9.55 Å². The van der Waals surface area contributed by atoms with Gasteiger partial charge in [0.25, 0.3) is 5.56 Å². The summed E-state index contributed by atoms with van der Waals surface area (Å²) in [5.41, 5.74) is 0.675. The number of hydrogen-bond acceptors (Lipinski definition) is 3. The number of rotatable bonds is 4. The minimum absolute atomic E-state index is 0.147. The molecule has 3 aromatic rings. The topological polar surface area (TPSA) is 34.9 Å². The van der Waals surface area contributed by atoms with Gasteiger partial charge in [0.15, 0.2) is 16.8 Å². The Labute approximate surface area is 149 Å². The first-order chi connectivity index (χ1) is 11.5. The average Bonchev–Trinajstić information content (AvgIpc) is 2.57. The third kappa shape index (κ3) is 3.23. The maximum atomic E-state index is 13.8. The molecular formula is C17H13BrF2N2OS. The summed E-state index contributed by atoms with van der Waals surface area (Å²) in [4.78, 5) is 17.1. The van der Waals surface area contributed by atoms with Crippen LogP contribution in [0, 0.1) is 11.6 Å². The number of thioether (sulfide) groups is 1. The third-order valence-corrected chi connectivity index (χ3v) is 5.10. The van der Waals surface area contributed by atoms with Gasteiger partial charge < -0.3 is 0 Å². The molecule has 3 rings (SSSR count). The number of nitrogens with zero attached hydrogens (tertiary/aromatic N) is 2. The van der Waals surface area contributed by atoms with Gasteiger partial charge in [0.2, 0.25) is 0 Å². The van der Waals surface area contributed by atoms with Gasteiger partial charge in [-0.15, -0.1) is 0 Å². The van der Waals surface area contributed by atoms with Crippen LogP contribution in [0.25, 0.3) is 10.9 Å². The Morgan fingerprint density at radius 3 is 2.79 bits per heavy atom. The molecular weight excluding hydrogens is 398 g/mol. The summed E-state index contributed by atoms with van der Waals surface area (Å²) in [7, 11) is 0. The predicted molar refractivity (Wildman–Crippen MR) is 95.3 cm³/mol. The lowest BCUT2D eigenvalue weighted by molar-refractivity contribution is 0.502. The molecule has 1 heterocycles. The quantitative estimate of drug-likeness (QED) is 0.459. The molecule has 0 atom stereocenters. The van der Waals surface area contributed by atoms with E-state index in [2.05, 4.69) is 20.9 Å². The Kier molecular flexibility index (Phi) is 5.01. The number of benzene rings is 2. The van der Waals surface area contributed by atoms with Crippen LogP contribution in [0.1, 0.15) is 12.5 Å². The average molecular weight is 411 g/mol. The molecule has 2 aromatic carbocycles. The van der Waals surface area contributed by atoms with Crippen molar-refractivity contribution in [3.05, 3.63) is 68.4 Å². The summed E-state index contributed by atoms with van der Waals surface area (Å²) >= 11 is 4.56. The van der Waals surface area contributed by atoms with Crippen molar-refractivity contribution in [2.24, 2.45) is 0 Å². The van der Waals surface area contributed by atoms with Crippen LogP contribution in [0.3, 0.4) is 0 Å². The van der Waals surface area contributed by atoms with Crippen LogP contribution >= 0.6 is 27.7 Å². The number of aromatic nitrogens is 2. The second-order valence-corrected chi connectivity index (χ2v) is 6.97. The summed E-state index contributed by atoms with van der Waals surface area (Å²) in [6.45, 7) is 2.29. The van der Waals surface area contributed by atoms with E-state index < -0.39 is 11.6 Å². The summed E-state index contributed by atoms with van der Waals surface area (Å²) in [6.07, 6.45) is 0. The molecule has 0 saturated carbocycles. The van der Waals surface area contributed by atoms with Crippen molar-refractivity contribution in [3.63, 3.8) is 0 Å². The molecule has 0 spiro atoms. The molecule has 3 nitrogen and oxygen atoms in total. The first-order valence-corrected chi connectivity index (χ1v) is 9.05. The number of fused-ring (bicyclic) bond motifs is 1. The van der Waals surface area contributed by atoms with E-state index in [9.17, 15) is 13.6 Å². The zero-order valence-electron chi connectivity index (χ0n) is 12.7. The molecule has 0 radical (unpaired) electrons. The minimum Gasteiger partial charge on any atom is -0.287 e. The molecule has 0 unspecified atom stereocenters. The van der Waals surface area contributed by atoms with E-state index in [1.54, 1.807) is 12.1 Å². The van der Waals surface area contributed by atoms with E-state index >= 15 is 0 Å². The summed E-state index contributed by atoms with van der Waals surface area (Å²) in [5, 5.41) is 1.01. The molecule has 0 aliphatic rings. The highest BCUT2D eigenvalue weighted by Crippen LogP contribution is 2.25. The maximum absolute atomic E-state index is 13.8. The molecule has 24 heavy (non-hydrogen) atoms. The molecule has 7 heteroatoms. The van der Waals surface area contributed by atoms with Gasteiger partial charge in [-0.25, -0.2) is 13.8 Å². The van der Waals surface area contributed by atoms with Crippen LogP contribution in [-0.4, -0.2) is 9.55 Å². The molecule has 0 fully saturated rings. The van der Waals surface area contributed by atoms with Gasteiger partial charge in [0.1, 0.15) is 0 Å². The first kappa shape index (κ1) is 17.1. The lowest BCUT2D eigenvalue weighted by Gasteiger charge is -2.11. The second kappa shape index (κ2) is 7.03. The highest BCUT2D eigenvalue weighted by Gasteiger charge is 2.13. The highest BCUT2D eigenvalue weighted by atomic mass is 79.9. The van der Waals surface area contributed by atoms with Gasteiger partial charge in [-0.1, -0.05) is 39.8 Å². The monoisotopic (exact) mass is 410 g/mol. The van der Waals surface area contributed by atoms with Gasteiger partial charge in [-0.05, 0) is 31.2 Å². The lowest BCUT2D eigenvalue weighted by Crippen LogP contribution is -2.22. The van der Waals surface area contributed by atoms with Gasteiger partial charge in [-0.2, -0.15) is 0 Å². The fourth-order valence-electron chi connectivity index (χ4n) is 2.36. The van der Waals surface area contributed by atoms with Gasteiger partial charge in [-0.3, -0.25) is 9.36 Å². The summed E-state index contributed by atoms with van der Waals surface area (Å²) in [6, 6.07) is 9.37. The molecule has 0 bridgehead atoms. The normalized spacial score (nSPS) is 11.2. The van der Waals surface area contributed by atoms with Crippen molar-refractivity contribution in [2.45, 2.75) is 24.4 Å². The Morgan fingerprint density at radius 1 is 1.25 bits per heavy atom. The van der Waals surface area contributed by atoms with Crippen molar-refractivity contribution in [3.8, 4) is 0 Å². The Morgan fingerprint density at radius 2 is 2.04 bits per heavy atom. The predicted octanol–water partition coefficient (Wildman–Crippen LogP) is 4.75. The zero-order chi connectivity index (χ0) is 17.3. The number of halogens is 3. The summed E-state index contributed by atoms with van der Waals surface area (Å²) in [5.74, 6) is -1.55. The van der Waals surface area contributed by atoms with E-state index in [0.717, 1.165) is 10.5 Å². The van der Waals surface area contributed by atoms with Crippen LogP contribution in [0.2, 0.25) is 0 Å². The highest BCUT2D eigenvalue weighted by molar-refractivity contribution is 9.10. The third-order valence-electron chi connectivity index (χ3n) is 3.59. The Bertz CT molecular complexity index is 975. The SMILES string of the molecule is CCn1c(SCc2cccc(F)c2F)nc2ccc(Br)cc2c1=O. The first-order valence-electron chi connectivity index (χ1n) is 7.27. The zero-order valence-corrected chi connectivity index (χ0v) is 15.1. The van der Waals surface area contributed by atoms with E-state index in [4.69, 9.17) is 0 Å². The smallest absolute Gasteiger partial charge is 0.262 e. The lowest BCUT2D eigenvalue weighted by atomic mass is 10.2. The molecule has 0 aliphatic carbocycles. The number of hydrogen-bond donors (Lipinski definition) is 0. The Balaban J connectivity index is 2.01. The van der Waals surface area contributed by atoms with E-state index in [-0.39, 0.29) is 16.9 Å².